The zero-order chi connectivity index (χ0) is 30.8. The Balaban J connectivity index is 1.39. The number of aliphatic hydroxyl groups excluding tert-OH is 1. The number of halogens is 3. The van der Waals surface area contributed by atoms with E-state index in [9.17, 15) is 27.9 Å². The molecule has 7 nitrogen and oxygen atoms in total. The first-order valence-electron chi connectivity index (χ1n) is 15.3. The molecule has 1 spiro atoms. The summed E-state index contributed by atoms with van der Waals surface area (Å²) in [5, 5.41) is 12.2. The van der Waals surface area contributed by atoms with Crippen molar-refractivity contribution in [1.29, 1.82) is 0 Å². The average molecular weight is 613 g/mol. The van der Waals surface area contributed by atoms with Crippen LogP contribution >= 0.6 is 11.9 Å². The summed E-state index contributed by atoms with van der Waals surface area (Å²) < 4.78 is 39.0. The first-order chi connectivity index (χ1) is 19.9. The summed E-state index contributed by atoms with van der Waals surface area (Å²) in [6.45, 7) is 7.85. The summed E-state index contributed by atoms with van der Waals surface area (Å²) in [4.78, 5) is 31.5. The highest BCUT2D eigenvalue weighted by molar-refractivity contribution is 7.97. The second-order valence-corrected chi connectivity index (χ2v) is 12.8. The van der Waals surface area contributed by atoms with Gasteiger partial charge in [-0.05, 0) is 81.2 Å². The fraction of sp³-hybridized carbons (Fsp3) is 0.710. The fourth-order valence-electron chi connectivity index (χ4n) is 5.85. The van der Waals surface area contributed by atoms with Crippen molar-refractivity contribution in [3.8, 4) is 0 Å². The molecule has 1 aromatic rings. The van der Waals surface area contributed by atoms with Crippen molar-refractivity contribution in [2.24, 2.45) is 4.99 Å². The van der Waals surface area contributed by atoms with E-state index in [0.717, 1.165) is 73.6 Å². The van der Waals surface area contributed by atoms with Crippen LogP contribution in [0.1, 0.15) is 94.2 Å². The van der Waals surface area contributed by atoms with Gasteiger partial charge in [0.1, 0.15) is 11.4 Å². The number of carbonyl (C=O) groups excluding carboxylic acids is 2. The maximum atomic E-state index is 12.8. The van der Waals surface area contributed by atoms with Gasteiger partial charge in [-0.15, -0.1) is 0 Å². The van der Waals surface area contributed by atoms with Gasteiger partial charge in [0.2, 0.25) is 5.91 Å². The van der Waals surface area contributed by atoms with E-state index < -0.39 is 18.1 Å². The Labute approximate surface area is 252 Å². The molecule has 2 heterocycles. The van der Waals surface area contributed by atoms with Crippen LogP contribution in [0.3, 0.4) is 0 Å². The van der Waals surface area contributed by atoms with Gasteiger partial charge in [0.25, 0.3) is 5.91 Å². The van der Waals surface area contributed by atoms with Crippen molar-refractivity contribution >= 4 is 35.3 Å². The van der Waals surface area contributed by atoms with Crippen molar-refractivity contribution in [3.63, 3.8) is 0 Å². The van der Waals surface area contributed by atoms with E-state index in [4.69, 9.17) is 4.99 Å². The number of piperidine rings is 1. The van der Waals surface area contributed by atoms with Crippen LogP contribution in [0.4, 0.5) is 18.9 Å². The van der Waals surface area contributed by atoms with Gasteiger partial charge in [0, 0.05) is 57.4 Å². The number of nitrogens with one attached hydrogen (secondary N) is 1. The number of aryl methyl sites for hydroxylation is 2. The molecule has 0 radical (unpaired) electrons. The molecule has 2 aliphatic rings. The van der Waals surface area contributed by atoms with Crippen LogP contribution in [-0.4, -0.2) is 70.8 Å². The summed E-state index contributed by atoms with van der Waals surface area (Å²) in [7, 11) is 0. The third-order valence-electron chi connectivity index (χ3n) is 8.24. The Morgan fingerprint density at radius 3 is 2.26 bits per heavy atom. The fourth-order valence-corrected chi connectivity index (χ4v) is 6.84. The molecule has 11 heteroatoms. The standard InChI is InChI=1S/C31H47F3N4O3S/c1-23-21-26(38(25(3)40)16-10-19-39)22-24(2)27(23)12-20-42-37-17-14-30(15-18-37)29(41)35-28(36-30)11-8-6-4-5-7-9-13-31(32,33)34/h21-22,39H,4-20H2,1-3H3,(H,35,36,41). The van der Waals surface area contributed by atoms with Crippen molar-refractivity contribution in [2.45, 2.75) is 110 Å². The molecule has 0 atom stereocenters. The lowest BCUT2D eigenvalue weighted by Gasteiger charge is -2.34. The second-order valence-electron chi connectivity index (χ2n) is 11.6. The van der Waals surface area contributed by atoms with Crippen LogP contribution in [0.25, 0.3) is 0 Å². The molecule has 2 amide bonds. The van der Waals surface area contributed by atoms with E-state index in [-0.39, 0.29) is 24.8 Å². The van der Waals surface area contributed by atoms with Crippen LogP contribution in [-0.2, 0) is 16.0 Å². The quantitative estimate of drug-likeness (QED) is 0.170. The molecule has 0 saturated carbocycles. The molecule has 0 bridgehead atoms. The van der Waals surface area contributed by atoms with E-state index in [2.05, 4.69) is 35.6 Å². The highest BCUT2D eigenvalue weighted by Gasteiger charge is 2.45. The zero-order valence-corrected chi connectivity index (χ0v) is 26.1. The number of amides is 2. The van der Waals surface area contributed by atoms with Gasteiger partial charge < -0.3 is 15.3 Å². The zero-order valence-electron chi connectivity index (χ0n) is 25.3. The van der Waals surface area contributed by atoms with Gasteiger partial charge in [0.15, 0.2) is 0 Å². The van der Waals surface area contributed by atoms with Gasteiger partial charge in [-0.25, -0.2) is 0 Å². The molecule has 42 heavy (non-hydrogen) atoms. The number of benzene rings is 1. The van der Waals surface area contributed by atoms with E-state index in [0.29, 0.717) is 38.6 Å². The third kappa shape index (κ3) is 10.3. The number of aliphatic hydroxyl groups is 1. The first kappa shape index (κ1) is 34.4. The number of aliphatic imine (C=N–C) groups is 1. The van der Waals surface area contributed by atoms with Crippen molar-refractivity contribution < 1.29 is 27.9 Å². The third-order valence-corrected chi connectivity index (χ3v) is 9.36. The van der Waals surface area contributed by atoms with E-state index >= 15 is 0 Å². The maximum Gasteiger partial charge on any atom is 0.389 e. The maximum absolute atomic E-state index is 12.8. The molecular formula is C31H47F3N4O3S. The second kappa shape index (κ2) is 16.1. The number of alkyl halides is 3. The number of unbranched alkanes of at least 4 members (excludes halogenated alkanes) is 5. The highest BCUT2D eigenvalue weighted by atomic mass is 32.2. The summed E-state index contributed by atoms with van der Waals surface area (Å²) >= 11 is 1.80. The summed E-state index contributed by atoms with van der Waals surface area (Å²) in [5.74, 6) is 1.65. The minimum Gasteiger partial charge on any atom is -0.396 e. The molecule has 3 rings (SSSR count). The molecule has 2 N–H and O–H groups in total. The van der Waals surface area contributed by atoms with Gasteiger partial charge in [-0.1, -0.05) is 37.6 Å². The van der Waals surface area contributed by atoms with E-state index in [1.165, 1.54) is 5.56 Å². The minimum atomic E-state index is -4.06. The van der Waals surface area contributed by atoms with Gasteiger partial charge in [-0.3, -0.25) is 18.9 Å². The Kier molecular flexibility index (Phi) is 13.2. The number of hydrogen-bond acceptors (Lipinski definition) is 6. The van der Waals surface area contributed by atoms with Crippen LogP contribution in [0.2, 0.25) is 0 Å². The van der Waals surface area contributed by atoms with Crippen molar-refractivity contribution in [2.75, 3.05) is 36.9 Å². The lowest BCUT2D eigenvalue weighted by atomic mass is 9.89. The average Bonchev–Trinajstić information content (AvgIpc) is 3.21. The monoisotopic (exact) mass is 612 g/mol. The number of anilines is 1. The lowest BCUT2D eigenvalue weighted by molar-refractivity contribution is -0.135. The Bertz CT molecular complexity index is 1060. The van der Waals surface area contributed by atoms with Crippen LogP contribution in [0.15, 0.2) is 17.1 Å². The minimum absolute atomic E-state index is 0.000710. The highest BCUT2D eigenvalue weighted by Crippen LogP contribution is 2.34. The predicted octanol–water partition coefficient (Wildman–Crippen LogP) is 6.28. The summed E-state index contributed by atoms with van der Waals surface area (Å²) in [6.07, 6.45) is 3.11. The van der Waals surface area contributed by atoms with Gasteiger partial charge >= 0.3 is 6.18 Å². The number of amidine groups is 1. The molecule has 1 saturated heterocycles. The molecule has 2 aliphatic heterocycles. The van der Waals surface area contributed by atoms with Crippen LogP contribution in [0.5, 0.6) is 0 Å². The summed E-state index contributed by atoms with van der Waals surface area (Å²) in [6, 6.07) is 4.12. The smallest absolute Gasteiger partial charge is 0.389 e. The largest absolute Gasteiger partial charge is 0.396 e. The lowest BCUT2D eigenvalue weighted by Crippen LogP contribution is -2.47. The molecule has 236 valence electrons. The Morgan fingerprint density at radius 2 is 1.67 bits per heavy atom. The normalized spacial score (nSPS) is 17.0. The molecule has 0 aliphatic carbocycles. The Hall–Kier alpha value is -2.11. The SMILES string of the molecule is CC(=O)N(CCCO)c1cc(C)c(CCSN2CCC3(CC2)N=C(CCCCCCCCC(F)(F)F)NC3=O)c(C)c1. The van der Waals surface area contributed by atoms with Crippen LogP contribution < -0.4 is 10.2 Å². The van der Waals surface area contributed by atoms with Crippen molar-refractivity contribution in [3.05, 3.63) is 28.8 Å². The molecule has 1 fully saturated rings. The predicted molar refractivity (Wildman–Crippen MR) is 164 cm³/mol. The van der Waals surface area contributed by atoms with E-state index in [1.807, 2.05) is 0 Å². The molecule has 0 unspecified atom stereocenters. The Morgan fingerprint density at radius 1 is 1.05 bits per heavy atom. The molecular weight excluding hydrogens is 565 g/mol. The number of rotatable bonds is 16. The summed E-state index contributed by atoms with van der Waals surface area (Å²) in [5.41, 5.74) is 3.81. The number of carbonyl (C=O) groups is 2. The number of hydrogen-bond donors (Lipinski definition) is 2. The molecule has 1 aromatic carbocycles. The topological polar surface area (TPSA) is 85.2 Å². The number of nitrogens with zero attached hydrogens (tertiary/aromatic N) is 3. The van der Waals surface area contributed by atoms with Gasteiger partial charge in [-0.2, -0.15) is 13.2 Å². The van der Waals surface area contributed by atoms with Crippen molar-refractivity contribution in [1.82, 2.24) is 9.62 Å². The van der Waals surface area contributed by atoms with Gasteiger partial charge in [0.05, 0.1) is 0 Å². The first-order valence-corrected chi connectivity index (χ1v) is 16.2. The molecule has 0 aromatic heterocycles. The van der Waals surface area contributed by atoms with E-state index in [1.54, 1.807) is 23.8 Å². The van der Waals surface area contributed by atoms with Crippen LogP contribution in [0, 0.1) is 13.8 Å².